The number of fused-ring (bicyclic) bond motifs is 1. The van der Waals surface area contributed by atoms with Gasteiger partial charge in [0.15, 0.2) is 5.82 Å². The average Bonchev–Trinajstić information content (AvgIpc) is 3.19. The lowest BCUT2D eigenvalue weighted by Crippen LogP contribution is -2.20. The lowest BCUT2D eigenvalue weighted by Gasteiger charge is -2.15. The highest BCUT2D eigenvalue weighted by molar-refractivity contribution is 5.92. The Balaban J connectivity index is 1.51. The van der Waals surface area contributed by atoms with Crippen molar-refractivity contribution >= 4 is 23.0 Å². The van der Waals surface area contributed by atoms with Crippen LogP contribution < -0.4 is 10.9 Å². The minimum absolute atomic E-state index is 0.0182. The van der Waals surface area contributed by atoms with Gasteiger partial charge in [0.1, 0.15) is 16.9 Å². The predicted molar refractivity (Wildman–Crippen MR) is 113 cm³/mol. The normalized spacial score (nSPS) is 15.7. The van der Waals surface area contributed by atoms with Gasteiger partial charge in [0.25, 0.3) is 11.5 Å². The van der Waals surface area contributed by atoms with Crippen molar-refractivity contribution in [2.75, 3.05) is 20.1 Å². The van der Waals surface area contributed by atoms with E-state index in [-0.39, 0.29) is 11.2 Å². The standard InChI is InChI=1S/C22H21F2N5O2/c1-12-21(30)28-19-16(26-12)5-4-15(18(19)23)11-29-8-7-13(10-29)9-14-3-6-17(22(31)25-2)27-20(14)24/h3-6,9H,7-8,10-11H2,1-2H3,(H,25,31)(H,28,30)/b13-9+. The van der Waals surface area contributed by atoms with Crippen LogP contribution in [-0.4, -0.2) is 45.9 Å². The van der Waals surface area contributed by atoms with E-state index in [2.05, 4.69) is 20.3 Å². The molecule has 2 aromatic heterocycles. The smallest absolute Gasteiger partial charge is 0.269 e. The van der Waals surface area contributed by atoms with Crippen molar-refractivity contribution in [1.29, 1.82) is 0 Å². The zero-order valence-electron chi connectivity index (χ0n) is 17.1. The van der Waals surface area contributed by atoms with E-state index in [0.717, 1.165) is 5.57 Å². The quantitative estimate of drug-likeness (QED) is 0.627. The molecule has 0 bridgehead atoms. The minimum Gasteiger partial charge on any atom is -0.354 e. The van der Waals surface area contributed by atoms with Crippen LogP contribution in [0, 0.1) is 18.7 Å². The fourth-order valence-corrected chi connectivity index (χ4v) is 3.65. The molecule has 3 heterocycles. The van der Waals surface area contributed by atoms with Crippen molar-refractivity contribution in [3.63, 3.8) is 0 Å². The molecule has 1 amide bonds. The van der Waals surface area contributed by atoms with Crippen molar-refractivity contribution in [3.05, 3.63) is 74.5 Å². The van der Waals surface area contributed by atoms with Crippen LogP contribution in [0.5, 0.6) is 0 Å². The molecule has 0 unspecified atom stereocenters. The molecule has 160 valence electrons. The zero-order valence-corrected chi connectivity index (χ0v) is 17.1. The summed E-state index contributed by atoms with van der Waals surface area (Å²) in [6.45, 7) is 3.17. The maximum absolute atomic E-state index is 14.9. The lowest BCUT2D eigenvalue weighted by molar-refractivity contribution is 0.0957. The molecule has 4 rings (SSSR count). The third-order valence-corrected chi connectivity index (χ3v) is 5.32. The molecular formula is C22H21F2N5O2. The molecule has 1 aliphatic rings. The summed E-state index contributed by atoms with van der Waals surface area (Å²) >= 11 is 0. The number of aromatic amines is 1. The average molecular weight is 425 g/mol. The van der Waals surface area contributed by atoms with Gasteiger partial charge in [-0.3, -0.25) is 14.5 Å². The highest BCUT2D eigenvalue weighted by atomic mass is 19.1. The highest BCUT2D eigenvalue weighted by Crippen LogP contribution is 2.24. The molecule has 31 heavy (non-hydrogen) atoms. The first-order valence-electron chi connectivity index (χ1n) is 9.84. The molecule has 0 saturated carbocycles. The number of halogens is 2. The molecule has 1 aromatic carbocycles. The van der Waals surface area contributed by atoms with Crippen LogP contribution in [0.15, 0.2) is 34.6 Å². The van der Waals surface area contributed by atoms with Gasteiger partial charge in [-0.1, -0.05) is 11.6 Å². The van der Waals surface area contributed by atoms with E-state index in [1.807, 2.05) is 4.90 Å². The van der Waals surface area contributed by atoms with Crippen molar-refractivity contribution in [2.24, 2.45) is 0 Å². The Hall–Kier alpha value is -3.46. The number of amides is 1. The number of H-pyrrole nitrogens is 1. The van der Waals surface area contributed by atoms with Gasteiger partial charge in [-0.05, 0) is 37.6 Å². The molecule has 7 nitrogen and oxygen atoms in total. The minimum atomic E-state index is -0.709. The van der Waals surface area contributed by atoms with Gasteiger partial charge in [-0.2, -0.15) is 4.39 Å². The molecule has 0 atom stereocenters. The molecule has 3 aromatic rings. The van der Waals surface area contributed by atoms with Gasteiger partial charge in [0.05, 0.1) is 5.52 Å². The van der Waals surface area contributed by atoms with Crippen LogP contribution in [0.3, 0.4) is 0 Å². The Morgan fingerprint density at radius 2 is 2.06 bits per heavy atom. The van der Waals surface area contributed by atoms with Crippen LogP contribution in [0.25, 0.3) is 17.1 Å². The van der Waals surface area contributed by atoms with E-state index in [0.29, 0.717) is 48.4 Å². The second-order valence-corrected chi connectivity index (χ2v) is 7.50. The summed E-state index contributed by atoms with van der Waals surface area (Å²) in [5.41, 5.74) is 2.16. The fourth-order valence-electron chi connectivity index (χ4n) is 3.65. The number of rotatable bonds is 4. The summed E-state index contributed by atoms with van der Waals surface area (Å²) in [6.07, 6.45) is 2.43. The number of carbonyl (C=O) groups excluding carboxylic acids is 1. The molecule has 0 radical (unpaired) electrons. The molecule has 9 heteroatoms. The second kappa shape index (κ2) is 8.35. The van der Waals surface area contributed by atoms with E-state index in [1.54, 1.807) is 25.1 Å². The molecule has 1 fully saturated rings. The number of likely N-dealkylation sites (tertiary alicyclic amines) is 1. The van der Waals surface area contributed by atoms with Gasteiger partial charge in [0.2, 0.25) is 5.95 Å². The van der Waals surface area contributed by atoms with E-state index >= 15 is 0 Å². The molecule has 2 N–H and O–H groups in total. The fraction of sp³-hybridized carbons (Fsp3) is 0.273. The number of aryl methyl sites for hydroxylation is 1. The molecular weight excluding hydrogens is 404 g/mol. The van der Waals surface area contributed by atoms with E-state index in [9.17, 15) is 18.4 Å². The van der Waals surface area contributed by atoms with E-state index in [4.69, 9.17) is 0 Å². The van der Waals surface area contributed by atoms with E-state index in [1.165, 1.54) is 19.2 Å². The Morgan fingerprint density at radius 1 is 1.26 bits per heavy atom. The summed E-state index contributed by atoms with van der Waals surface area (Å²) in [6, 6.07) is 6.36. The zero-order chi connectivity index (χ0) is 22.1. The molecule has 1 aliphatic heterocycles. The Morgan fingerprint density at radius 3 is 2.81 bits per heavy atom. The number of carbonyl (C=O) groups is 1. The van der Waals surface area contributed by atoms with Gasteiger partial charge in [-0.15, -0.1) is 0 Å². The Kier molecular flexibility index (Phi) is 5.60. The maximum atomic E-state index is 14.9. The second-order valence-electron chi connectivity index (χ2n) is 7.50. The molecule has 0 aliphatic carbocycles. The van der Waals surface area contributed by atoms with Crippen LogP contribution in [0.1, 0.15) is 33.7 Å². The van der Waals surface area contributed by atoms with Crippen LogP contribution in [0.2, 0.25) is 0 Å². The first-order chi connectivity index (χ1) is 14.9. The summed E-state index contributed by atoms with van der Waals surface area (Å²) < 4.78 is 29.2. The number of pyridine rings is 1. The number of nitrogens with zero attached hydrogens (tertiary/aromatic N) is 3. The van der Waals surface area contributed by atoms with Crippen molar-refractivity contribution in [2.45, 2.75) is 19.9 Å². The number of hydrogen-bond acceptors (Lipinski definition) is 5. The van der Waals surface area contributed by atoms with Gasteiger partial charge in [-0.25, -0.2) is 14.4 Å². The SMILES string of the molecule is CNC(=O)c1ccc(/C=C2\CCN(Cc3ccc4nc(C)c(=O)[nH]c4c3F)C2)c(F)n1. The summed E-state index contributed by atoms with van der Waals surface area (Å²) in [5.74, 6) is -1.65. The van der Waals surface area contributed by atoms with Crippen molar-refractivity contribution in [3.8, 4) is 0 Å². The van der Waals surface area contributed by atoms with Crippen molar-refractivity contribution in [1.82, 2.24) is 25.2 Å². The topological polar surface area (TPSA) is 91.0 Å². The first kappa shape index (κ1) is 20.8. The summed E-state index contributed by atoms with van der Waals surface area (Å²) in [5, 5.41) is 2.41. The van der Waals surface area contributed by atoms with Crippen molar-refractivity contribution < 1.29 is 13.6 Å². The van der Waals surface area contributed by atoms with Gasteiger partial charge in [0, 0.05) is 37.8 Å². The Labute approximate surface area is 176 Å². The van der Waals surface area contributed by atoms with Gasteiger partial charge < -0.3 is 10.3 Å². The number of nitrogens with one attached hydrogen (secondary N) is 2. The molecule has 1 saturated heterocycles. The largest absolute Gasteiger partial charge is 0.354 e. The monoisotopic (exact) mass is 425 g/mol. The van der Waals surface area contributed by atoms with Crippen LogP contribution in [-0.2, 0) is 6.54 Å². The third kappa shape index (κ3) is 4.22. The number of benzene rings is 1. The highest BCUT2D eigenvalue weighted by Gasteiger charge is 2.20. The molecule has 0 spiro atoms. The summed E-state index contributed by atoms with van der Waals surface area (Å²) in [4.78, 5) is 35.8. The third-order valence-electron chi connectivity index (χ3n) is 5.32. The Bertz CT molecular complexity index is 1270. The lowest BCUT2D eigenvalue weighted by atomic mass is 10.1. The number of aromatic nitrogens is 3. The first-order valence-corrected chi connectivity index (χ1v) is 9.84. The number of hydrogen-bond donors (Lipinski definition) is 2. The van der Waals surface area contributed by atoms with Crippen LogP contribution in [0.4, 0.5) is 8.78 Å². The van der Waals surface area contributed by atoms with Crippen LogP contribution >= 0.6 is 0 Å². The van der Waals surface area contributed by atoms with Gasteiger partial charge >= 0.3 is 0 Å². The van der Waals surface area contributed by atoms with E-state index < -0.39 is 23.2 Å². The summed E-state index contributed by atoms with van der Waals surface area (Å²) in [7, 11) is 1.46. The maximum Gasteiger partial charge on any atom is 0.269 e. The predicted octanol–water partition coefficient (Wildman–Crippen LogP) is 2.55.